The van der Waals surface area contributed by atoms with Gasteiger partial charge in [-0.25, -0.2) is 0 Å². The lowest BCUT2D eigenvalue weighted by molar-refractivity contribution is -0.156. The third-order valence-corrected chi connectivity index (χ3v) is 4.78. The molecule has 2 rings (SSSR count). The van der Waals surface area contributed by atoms with E-state index in [9.17, 15) is 9.59 Å². The highest BCUT2D eigenvalue weighted by molar-refractivity contribution is 5.99. The van der Waals surface area contributed by atoms with E-state index in [2.05, 4.69) is 5.32 Å². The van der Waals surface area contributed by atoms with E-state index in [0.29, 0.717) is 38.3 Å². The second kappa shape index (κ2) is 6.12. The zero-order chi connectivity index (χ0) is 14.8. The minimum Gasteiger partial charge on any atom is -0.381 e. The molecule has 0 saturated carbocycles. The molecule has 2 aliphatic rings. The number of amides is 2. The molecule has 114 valence electrons. The van der Waals surface area contributed by atoms with Gasteiger partial charge in [0.1, 0.15) is 11.6 Å². The van der Waals surface area contributed by atoms with Crippen molar-refractivity contribution in [3.05, 3.63) is 0 Å². The van der Waals surface area contributed by atoms with Gasteiger partial charge in [-0.15, -0.1) is 0 Å². The predicted molar refractivity (Wildman–Crippen MR) is 76.2 cm³/mol. The van der Waals surface area contributed by atoms with Gasteiger partial charge in [0.05, 0.1) is 6.61 Å². The molecule has 2 unspecified atom stereocenters. The quantitative estimate of drug-likeness (QED) is 0.827. The zero-order valence-corrected chi connectivity index (χ0v) is 12.8. The molecule has 0 aromatic carbocycles. The molecule has 2 aliphatic heterocycles. The molecule has 0 aromatic rings. The summed E-state index contributed by atoms with van der Waals surface area (Å²) in [5.74, 6) is 0.445. The summed E-state index contributed by atoms with van der Waals surface area (Å²) < 4.78 is 5.40. The number of nitrogens with zero attached hydrogens (tertiary/aromatic N) is 1. The van der Waals surface area contributed by atoms with Crippen LogP contribution in [0.5, 0.6) is 0 Å². The zero-order valence-electron chi connectivity index (χ0n) is 12.8. The van der Waals surface area contributed by atoms with Crippen LogP contribution in [0.2, 0.25) is 0 Å². The van der Waals surface area contributed by atoms with Gasteiger partial charge in [-0.3, -0.25) is 9.59 Å². The average molecular weight is 282 g/mol. The van der Waals surface area contributed by atoms with Crippen molar-refractivity contribution in [2.24, 2.45) is 5.92 Å². The number of carbonyl (C=O) groups excluding carboxylic acids is 2. The molecule has 5 nitrogen and oxygen atoms in total. The molecule has 0 radical (unpaired) electrons. The maximum absolute atomic E-state index is 12.9. The van der Waals surface area contributed by atoms with Gasteiger partial charge in [0, 0.05) is 19.1 Å². The summed E-state index contributed by atoms with van der Waals surface area (Å²) in [7, 11) is 0. The minimum absolute atomic E-state index is 0.00489. The Morgan fingerprint density at radius 1 is 1.30 bits per heavy atom. The summed E-state index contributed by atoms with van der Waals surface area (Å²) in [6.07, 6.45) is 2.92. The van der Waals surface area contributed by atoms with Crippen LogP contribution in [0, 0.1) is 5.92 Å². The number of ether oxygens (including phenoxy) is 1. The molecule has 2 heterocycles. The summed E-state index contributed by atoms with van der Waals surface area (Å²) >= 11 is 0. The van der Waals surface area contributed by atoms with Crippen molar-refractivity contribution in [1.82, 2.24) is 10.2 Å². The largest absolute Gasteiger partial charge is 0.381 e. The van der Waals surface area contributed by atoms with Gasteiger partial charge in [0.2, 0.25) is 11.8 Å². The maximum Gasteiger partial charge on any atom is 0.248 e. The molecule has 2 atom stereocenters. The van der Waals surface area contributed by atoms with Gasteiger partial charge >= 0.3 is 0 Å². The second-order valence-corrected chi connectivity index (χ2v) is 5.89. The van der Waals surface area contributed by atoms with Crippen molar-refractivity contribution in [1.29, 1.82) is 0 Å². The summed E-state index contributed by atoms with van der Waals surface area (Å²) in [6, 6.07) is -0.325. The highest BCUT2D eigenvalue weighted by Gasteiger charge is 2.48. The molecule has 5 heteroatoms. The average Bonchev–Trinajstić information content (AvgIpc) is 2.96. The fraction of sp³-hybridized carbons (Fsp3) is 0.867. The van der Waals surface area contributed by atoms with E-state index in [1.807, 2.05) is 25.7 Å². The number of hydrogen-bond donors (Lipinski definition) is 1. The smallest absolute Gasteiger partial charge is 0.248 e. The number of piperazine rings is 1. The molecule has 0 spiro atoms. The Kier molecular flexibility index (Phi) is 4.68. The van der Waals surface area contributed by atoms with Crippen LogP contribution in [-0.2, 0) is 14.3 Å². The number of carbonyl (C=O) groups is 2. The fourth-order valence-corrected chi connectivity index (χ4v) is 3.28. The van der Waals surface area contributed by atoms with Crippen molar-refractivity contribution in [3.8, 4) is 0 Å². The Morgan fingerprint density at radius 2 is 2.00 bits per heavy atom. The monoisotopic (exact) mass is 282 g/mol. The van der Waals surface area contributed by atoms with Crippen LogP contribution in [0.4, 0.5) is 0 Å². The molecule has 0 aromatic heterocycles. The highest BCUT2D eigenvalue weighted by Crippen LogP contribution is 2.28. The van der Waals surface area contributed by atoms with E-state index >= 15 is 0 Å². The van der Waals surface area contributed by atoms with Crippen LogP contribution in [-0.4, -0.2) is 48.1 Å². The molecule has 20 heavy (non-hydrogen) atoms. The summed E-state index contributed by atoms with van der Waals surface area (Å²) in [5, 5.41) is 2.97. The third kappa shape index (κ3) is 2.55. The summed E-state index contributed by atoms with van der Waals surface area (Å²) in [4.78, 5) is 27.0. The third-order valence-electron chi connectivity index (χ3n) is 4.78. The van der Waals surface area contributed by atoms with Crippen molar-refractivity contribution >= 4 is 11.8 Å². The van der Waals surface area contributed by atoms with E-state index in [1.54, 1.807) is 0 Å². The first kappa shape index (κ1) is 15.3. The molecule has 1 N–H and O–H groups in total. The first-order valence-corrected chi connectivity index (χ1v) is 7.78. The maximum atomic E-state index is 12.9. The normalized spacial score (nSPS) is 29.6. The van der Waals surface area contributed by atoms with E-state index in [-0.39, 0.29) is 17.9 Å². The topological polar surface area (TPSA) is 58.6 Å². The van der Waals surface area contributed by atoms with Gasteiger partial charge in [-0.1, -0.05) is 20.8 Å². The lowest BCUT2D eigenvalue weighted by atomic mass is 9.86. The van der Waals surface area contributed by atoms with Crippen molar-refractivity contribution in [2.45, 2.75) is 58.0 Å². The molecule has 2 fully saturated rings. The van der Waals surface area contributed by atoms with Crippen LogP contribution in [0.15, 0.2) is 0 Å². The Labute approximate surface area is 121 Å². The number of rotatable bonds is 5. The van der Waals surface area contributed by atoms with Crippen LogP contribution in [0.1, 0.15) is 46.5 Å². The minimum atomic E-state index is -0.706. The second-order valence-electron chi connectivity index (χ2n) is 5.89. The number of nitrogens with one attached hydrogen (secondary N) is 1. The molecule has 0 aliphatic carbocycles. The lowest BCUT2D eigenvalue weighted by Crippen LogP contribution is -2.70. The van der Waals surface area contributed by atoms with Crippen LogP contribution in [0.25, 0.3) is 0 Å². The van der Waals surface area contributed by atoms with E-state index in [0.717, 1.165) is 13.0 Å². The Bertz CT molecular complexity index is 373. The standard InChI is InChI=1S/C15H26N2O3/c1-4-12-13(18)16-15(5-2,6-3)14(19)17(12)9-11-7-8-20-10-11/h11-12H,4-10H2,1-3H3,(H,16,18). The van der Waals surface area contributed by atoms with E-state index < -0.39 is 5.54 Å². The van der Waals surface area contributed by atoms with Gasteiger partial charge < -0.3 is 15.0 Å². The van der Waals surface area contributed by atoms with Crippen molar-refractivity contribution in [3.63, 3.8) is 0 Å². The SMILES string of the molecule is CCC1C(=O)NC(CC)(CC)C(=O)N1CC1CCOC1. The summed E-state index contributed by atoms with van der Waals surface area (Å²) in [6.45, 7) is 8.00. The Balaban J connectivity index is 2.22. The molecule has 2 amide bonds. The van der Waals surface area contributed by atoms with Gasteiger partial charge in [0.25, 0.3) is 0 Å². The van der Waals surface area contributed by atoms with Crippen LogP contribution < -0.4 is 5.32 Å². The van der Waals surface area contributed by atoms with Gasteiger partial charge in [0.15, 0.2) is 0 Å². The van der Waals surface area contributed by atoms with Crippen LogP contribution in [0.3, 0.4) is 0 Å². The highest BCUT2D eigenvalue weighted by atomic mass is 16.5. The number of hydrogen-bond acceptors (Lipinski definition) is 3. The molecule has 0 bridgehead atoms. The lowest BCUT2D eigenvalue weighted by Gasteiger charge is -2.46. The molecule has 2 saturated heterocycles. The Morgan fingerprint density at radius 3 is 2.50 bits per heavy atom. The Hall–Kier alpha value is -1.10. The van der Waals surface area contributed by atoms with Crippen molar-refractivity contribution in [2.75, 3.05) is 19.8 Å². The van der Waals surface area contributed by atoms with E-state index in [1.165, 1.54) is 0 Å². The van der Waals surface area contributed by atoms with Crippen LogP contribution >= 0.6 is 0 Å². The van der Waals surface area contributed by atoms with Crippen molar-refractivity contribution < 1.29 is 14.3 Å². The first-order chi connectivity index (χ1) is 9.57. The van der Waals surface area contributed by atoms with Gasteiger partial charge in [-0.2, -0.15) is 0 Å². The van der Waals surface area contributed by atoms with E-state index in [4.69, 9.17) is 4.74 Å². The predicted octanol–water partition coefficient (Wildman–Crippen LogP) is 1.32. The first-order valence-electron chi connectivity index (χ1n) is 7.78. The fourth-order valence-electron chi connectivity index (χ4n) is 3.28. The summed E-state index contributed by atoms with van der Waals surface area (Å²) in [5.41, 5.74) is -0.706. The van der Waals surface area contributed by atoms with Gasteiger partial charge in [-0.05, 0) is 25.7 Å². The molecular formula is C15H26N2O3. The molecular weight excluding hydrogens is 256 g/mol.